The van der Waals surface area contributed by atoms with Crippen LogP contribution in [0.3, 0.4) is 0 Å². The van der Waals surface area contributed by atoms with Gasteiger partial charge in [0, 0.05) is 43.2 Å². The summed E-state index contributed by atoms with van der Waals surface area (Å²) in [6.45, 7) is 3.16. The second kappa shape index (κ2) is 9.02. The number of nitrogens with zero attached hydrogens (tertiary/aromatic N) is 3. The number of carbonyl (C=O) groups is 2. The number of anilines is 1. The van der Waals surface area contributed by atoms with Crippen molar-refractivity contribution in [2.45, 2.75) is 31.8 Å². The van der Waals surface area contributed by atoms with Crippen LogP contribution in [0.15, 0.2) is 48.7 Å². The molecule has 1 N–H and O–H groups in total. The lowest BCUT2D eigenvalue weighted by Gasteiger charge is -2.25. The third-order valence-electron chi connectivity index (χ3n) is 6.59. The van der Waals surface area contributed by atoms with Crippen LogP contribution in [0.25, 0.3) is 0 Å². The molecule has 0 aliphatic carbocycles. The quantitative estimate of drug-likeness (QED) is 0.572. The maximum absolute atomic E-state index is 13.3. The Bertz CT molecular complexity index is 1260. The summed E-state index contributed by atoms with van der Waals surface area (Å²) in [6, 6.07) is 13.1. The lowest BCUT2D eigenvalue weighted by molar-refractivity contribution is -0.127. The van der Waals surface area contributed by atoms with Crippen molar-refractivity contribution in [2.24, 2.45) is 0 Å². The molecule has 2 aromatic carbocycles. The van der Waals surface area contributed by atoms with Crippen LogP contribution in [0.2, 0.25) is 4.34 Å². The van der Waals surface area contributed by atoms with Gasteiger partial charge in [-0.25, -0.2) is 4.98 Å². The number of rotatable bonds is 5. The minimum absolute atomic E-state index is 0.0323. The third kappa shape index (κ3) is 4.17. The molecule has 3 heterocycles. The Kier molecular flexibility index (Phi) is 6.06. The Balaban J connectivity index is 1.49. The first-order chi connectivity index (χ1) is 16.4. The second-order valence-electron chi connectivity index (χ2n) is 8.73. The monoisotopic (exact) mass is 497 g/mol. The van der Waals surface area contributed by atoms with Gasteiger partial charge in [0.15, 0.2) is 0 Å². The zero-order valence-corrected chi connectivity index (χ0v) is 20.2. The molecule has 2 amide bonds. The van der Waals surface area contributed by atoms with E-state index in [0.29, 0.717) is 46.0 Å². The average Bonchev–Trinajstić information content (AvgIpc) is 3.53. The molecule has 1 aromatic heterocycles. The molecule has 0 saturated carbocycles. The number of para-hydroxylation sites is 1. The number of hydrogen-bond donors (Lipinski definition) is 1. The summed E-state index contributed by atoms with van der Waals surface area (Å²) in [6.07, 6.45) is 2.50. The summed E-state index contributed by atoms with van der Waals surface area (Å²) < 4.78 is 6.68. The Labute approximate surface area is 206 Å². The molecule has 1 atom stereocenters. The van der Waals surface area contributed by atoms with Crippen LogP contribution in [0.5, 0.6) is 11.5 Å². The molecule has 0 radical (unpaired) electrons. The number of hydrogen-bond acceptors (Lipinski definition) is 6. The van der Waals surface area contributed by atoms with E-state index in [1.165, 1.54) is 11.3 Å². The number of likely N-dealkylation sites (tertiary alicyclic amines) is 1. The number of ether oxygens (including phenoxy) is 1. The van der Waals surface area contributed by atoms with Gasteiger partial charge in [-0.2, -0.15) is 0 Å². The largest absolute Gasteiger partial charge is 0.457 e. The van der Waals surface area contributed by atoms with Crippen LogP contribution in [-0.2, 0) is 28.0 Å². The highest BCUT2D eigenvalue weighted by Gasteiger charge is 2.49. The molecule has 1 spiro atoms. The molecule has 1 unspecified atom stereocenters. The van der Waals surface area contributed by atoms with Crippen molar-refractivity contribution < 1.29 is 19.4 Å². The van der Waals surface area contributed by atoms with E-state index in [1.54, 1.807) is 18.0 Å². The first-order valence-corrected chi connectivity index (χ1v) is 12.3. The molecular formula is C25H24ClN3O4S. The summed E-state index contributed by atoms with van der Waals surface area (Å²) in [5.74, 6) is 1.19. The highest BCUT2D eigenvalue weighted by Crippen LogP contribution is 2.48. The number of carbonyl (C=O) groups excluding carboxylic acids is 2. The van der Waals surface area contributed by atoms with Crippen molar-refractivity contribution in [3.8, 4) is 11.5 Å². The number of halogens is 1. The first kappa shape index (κ1) is 22.8. The van der Waals surface area contributed by atoms with E-state index in [9.17, 15) is 14.7 Å². The van der Waals surface area contributed by atoms with E-state index in [0.717, 1.165) is 17.7 Å². The van der Waals surface area contributed by atoms with Crippen LogP contribution >= 0.6 is 22.9 Å². The predicted molar refractivity (Wildman–Crippen MR) is 131 cm³/mol. The molecule has 0 bridgehead atoms. The van der Waals surface area contributed by atoms with Gasteiger partial charge < -0.3 is 19.6 Å². The van der Waals surface area contributed by atoms with Crippen LogP contribution in [-0.4, -0.2) is 46.4 Å². The molecule has 9 heteroatoms. The lowest BCUT2D eigenvalue weighted by Crippen LogP contribution is -2.40. The topological polar surface area (TPSA) is 83.0 Å². The standard InChI is InChI=1S/C25H24ClN3O4S/c1-16(31)28-9-8-25(14-28)15-29(24(32)11-23-27-12-22(26)34-23)20-7-6-18(10-19(20)25)33-21-5-3-2-4-17(21)13-30/h2-7,10,12,30H,8-9,11,13-15H2,1H3. The molecular weight excluding hydrogens is 474 g/mol. The Morgan fingerprint density at radius 3 is 2.76 bits per heavy atom. The highest BCUT2D eigenvalue weighted by molar-refractivity contribution is 7.15. The van der Waals surface area contributed by atoms with Gasteiger partial charge in [-0.1, -0.05) is 29.8 Å². The summed E-state index contributed by atoms with van der Waals surface area (Å²) in [5, 5.41) is 10.3. The van der Waals surface area contributed by atoms with Gasteiger partial charge in [-0.05, 0) is 36.2 Å². The van der Waals surface area contributed by atoms with E-state index < -0.39 is 0 Å². The van der Waals surface area contributed by atoms with Crippen LogP contribution in [0.4, 0.5) is 5.69 Å². The summed E-state index contributed by atoms with van der Waals surface area (Å²) >= 11 is 7.30. The normalized spacial score (nSPS) is 19.0. The molecule has 34 heavy (non-hydrogen) atoms. The predicted octanol–water partition coefficient (Wildman–Crippen LogP) is 4.16. The maximum atomic E-state index is 13.3. The van der Waals surface area contributed by atoms with Crippen molar-refractivity contribution in [2.75, 3.05) is 24.5 Å². The summed E-state index contributed by atoms with van der Waals surface area (Å²) in [5.41, 5.74) is 2.18. The van der Waals surface area contributed by atoms with Crippen molar-refractivity contribution in [1.82, 2.24) is 9.88 Å². The molecule has 7 nitrogen and oxygen atoms in total. The van der Waals surface area contributed by atoms with Gasteiger partial charge in [0.05, 0.1) is 19.2 Å². The molecule has 2 aliphatic rings. The molecule has 176 valence electrons. The lowest BCUT2D eigenvalue weighted by atomic mass is 9.81. The number of aliphatic hydroxyl groups excluding tert-OH is 1. The van der Waals surface area contributed by atoms with Gasteiger partial charge in [0.2, 0.25) is 11.8 Å². The molecule has 2 aliphatic heterocycles. The van der Waals surface area contributed by atoms with Gasteiger partial charge in [0.1, 0.15) is 20.8 Å². The fraction of sp³-hybridized carbons (Fsp3) is 0.320. The summed E-state index contributed by atoms with van der Waals surface area (Å²) in [4.78, 5) is 33.3. The number of aliphatic hydroxyl groups is 1. The van der Waals surface area contributed by atoms with Crippen molar-refractivity contribution >= 4 is 40.4 Å². The Morgan fingerprint density at radius 2 is 2.06 bits per heavy atom. The van der Waals surface area contributed by atoms with Gasteiger partial charge in [-0.3, -0.25) is 9.59 Å². The van der Waals surface area contributed by atoms with Crippen LogP contribution in [0, 0.1) is 0 Å². The SMILES string of the molecule is CC(=O)N1CCC2(C1)CN(C(=O)Cc1ncc(Cl)s1)c1ccc(Oc3ccccc3CO)cc12. The van der Waals surface area contributed by atoms with Gasteiger partial charge in [-0.15, -0.1) is 11.3 Å². The number of thiazole rings is 1. The van der Waals surface area contributed by atoms with Crippen LogP contribution < -0.4 is 9.64 Å². The molecule has 5 rings (SSSR count). The highest BCUT2D eigenvalue weighted by atomic mass is 35.5. The Morgan fingerprint density at radius 1 is 1.24 bits per heavy atom. The van der Waals surface area contributed by atoms with E-state index in [-0.39, 0.29) is 30.3 Å². The minimum Gasteiger partial charge on any atom is -0.457 e. The van der Waals surface area contributed by atoms with Crippen molar-refractivity contribution in [1.29, 1.82) is 0 Å². The maximum Gasteiger partial charge on any atom is 0.233 e. The molecule has 1 saturated heterocycles. The third-order valence-corrected chi connectivity index (χ3v) is 7.70. The van der Waals surface area contributed by atoms with E-state index in [1.807, 2.05) is 47.4 Å². The van der Waals surface area contributed by atoms with Crippen molar-refractivity contribution in [3.05, 3.63) is 69.1 Å². The fourth-order valence-electron chi connectivity index (χ4n) is 4.88. The smallest absolute Gasteiger partial charge is 0.233 e. The molecule has 3 aromatic rings. The van der Waals surface area contributed by atoms with Gasteiger partial charge >= 0.3 is 0 Å². The summed E-state index contributed by atoms with van der Waals surface area (Å²) in [7, 11) is 0. The number of benzene rings is 2. The first-order valence-electron chi connectivity index (χ1n) is 11.1. The zero-order valence-electron chi connectivity index (χ0n) is 18.7. The van der Waals surface area contributed by atoms with Gasteiger partial charge in [0.25, 0.3) is 0 Å². The number of aromatic nitrogens is 1. The zero-order chi connectivity index (χ0) is 23.9. The van der Waals surface area contributed by atoms with E-state index in [2.05, 4.69) is 4.98 Å². The van der Waals surface area contributed by atoms with E-state index in [4.69, 9.17) is 16.3 Å². The molecule has 1 fully saturated rings. The Hall–Kier alpha value is -2.94. The average molecular weight is 498 g/mol. The van der Waals surface area contributed by atoms with Crippen LogP contribution in [0.1, 0.15) is 29.5 Å². The number of amides is 2. The fourth-order valence-corrected chi connectivity index (χ4v) is 5.83. The number of fused-ring (bicyclic) bond motifs is 2. The van der Waals surface area contributed by atoms with Crippen molar-refractivity contribution in [3.63, 3.8) is 0 Å². The second-order valence-corrected chi connectivity index (χ2v) is 10.5. The van der Waals surface area contributed by atoms with E-state index >= 15 is 0 Å². The minimum atomic E-state index is -0.354.